The Kier molecular flexibility index (Phi) is 3.11. The average Bonchev–Trinajstić information content (AvgIpc) is 2.83. The number of nitrogens with zero attached hydrogens (tertiary/aromatic N) is 2. The molecular formula is C16H12F2N2. The smallest absolute Gasteiger partial charge is 0.140 e. The zero-order valence-electron chi connectivity index (χ0n) is 10.7. The summed E-state index contributed by atoms with van der Waals surface area (Å²) < 4.78 is 26.6. The summed E-state index contributed by atoms with van der Waals surface area (Å²) in [5, 5.41) is 8.84. The summed E-state index contributed by atoms with van der Waals surface area (Å²) in [6.07, 6.45) is 0.877. The van der Waals surface area contributed by atoms with E-state index in [9.17, 15) is 8.78 Å². The number of benzene rings is 2. The topological polar surface area (TPSA) is 27.0 Å². The molecule has 0 amide bonds. The van der Waals surface area contributed by atoms with Gasteiger partial charge in [-0.15, -0.1) is 0 Å². The van der Waals surface area contributed by atoms with Crippen molar-refractivity contribution < 1.29 is 8.78 Å². The van der Waals surface area contributed by atoms with Crippen LogP contribution < -0.4 is 4.90 Å². The van der Waals surface area contributed by atoms with Gasteiger partial charge in [-0.05, 0) is 41.8 Å². The van der Waals surface area contributed by atoms with Crippen molar-refractivity contribution in [1.29, 1.82) is 5.26 Å². The molecule has 3 rings (SSSR count). The molecule has 4 heteroatoms. The van der Waals surface area contributed by atoms with Crippen LogP contribution in [0.3, 0.4) is 0 Å². The van der Waals surface area contributed by atoms with Crippen molar-refractivity contribution in [3.63, 3.8) is 0 Å². The van der Waals surface area contributed by atoms with E-state index in [1.807, 2.05) is 11.0 Å². The fourth-order valence-electron chi connectivity index (χ4n) is 2.56. The van der Waals surface area contributed by atoms with E-state index in [2.05, 4.69) is 0 Å². The SMILES string of the molecule is N#Cc1cc(CN2CCc3ccc(F)cc32)ccc1F. The van der Waals surface area contributed by atoms with Gasteiger partial charge in [-0.3, -0.25) is 0 Å². The van der Waals surface area contributed by atoms with Crippen LogP contribution in [0, 0.1) is 23.0 Å². The number of hydrogen-bond acceptors (Lipinski definition) is 2. The van der Waals surface area contributed by atoms with Crippen LogP contribution in [0.25, 0.3) is 0 Å². The van der Waals surface area contributed by atoms with Crippen molar-refractivity contribution in [1.82, 2.24) is 0 Å². The van der Waals surface area contributed by atoms with Gasteiger partial charge in [0.1, 0.15) is 17.7 Å². The van der Waals surface area contributed by atoms with E-state index < -0.39 is 5.82 Å². The van der Waals surface area contributed by atoms with Gasteiger partial charge in [-0.2, -0.15) is 5.26 Å². The Bertz CT molecular complexity index is 704. The van der Waals surface area contributed by atoms with E-state index in [0.29, 0.717) is 6.54 Å². The molecule has 1 heterocycles. The van der Waals surface area contributed by atoms with E-state index >= 15 is 0 Å². The van der Waals surface area contributed by atoms with E-state index in [1.54, 1.807) is 18.2 Å². The summed E-state index contributed by atoms with van der Waals surface area (Å²) in [5.74, 6) is -0.767. The van der Waals surface area contributed by atoms with Crippen LogP contribution in [0.4, 0.5) is 14.5 Å². The molecule has 0 unspecified atom stereocenters. The Hall–Kier alpha value is -2.41. The molecule has 100 valence electrons. The Balaban J connectivity index is 1.87. The van der Waals surface area contributed by atoms with E-state index in [1.165, 1.54) is 18.2 Å². The second kappa shape index (κ2) is 4.93. The molecule has 0 aliphatic carbocycles. The Morgan fingerprint density at radius 3 is 2.80 bits per heavy atom. The van der Waals surface area contributed by atoms with Gasteiger partial charge in [-0.1, -0.05) is 12.1 Å². The molecule has 20 heavy (non-hydrogen) atoms. The van der Waals surface area contributed by atoms with Gasteiger partial charge >= 0.3 is 0 Å². The minimum atomic E-state index is -0.510. The summed E-state index contributed by atoms with van der Waals surface area (Å²) in [6.45, 7) is 1.35. The van der Waals surface area contributed by atoms with Crippen molar-refractivity contribution in [3.05, 3.63) is 64.7 Å². The Morgan fingerprint density at radius 2 is 2.00 bits per heavy atom. The van der Waals surface area contributed by atoms with Gasteiger partial charge in [0.15, 0.2) is 0 Å². The second-order valence-corrected chi connectivity index (χ2v) is 4.87. The van der Waals surface area contributed by atoms with Gasteiger partial charge in [0.2, 0.25) is 0 Å². The van der Waals surface area contributed by atoms with Crippen LogP contribution in [0.5, 0.6) is 0 Å². The summed E-state index contributed by atoms with van der Waals surface area (Å²) in [6, 6.07) is 11.1. The van der Waals surface area contributed by atoms with Crippen molar-refractivity contribution >= 4 is 5.69 Å². The standard InChI is InChI=1S/C16H12F2N2/c17-14-3-2-12-5-6-20(16(12)8-14)10-11-1-4-15(18)13(7-11)9-19/h1-4,7-8H,5-6,10H2. The lowest BCUT2D eigenvalue weighted by Crippen LogP contribution is -2.19. The molecule has 2 nitrogen and oxygen atoms in total. The molecule has 0 spiro atoms. The molecule has 0 bridgehead atoms. The fraction of sp³-hybridized carbons (Fsp3) is 0.188. The predicted octanol–water partition coefficient (Wildman–Crippen LogP) is 3.40. The van der Waals surface area contributed by atoms with Crippen molar-refractivity contribution in [2.75, 3.05) is 11.4 Å². The van der Waals surface area contributed by atoms with Gasteiger partial charge in [0, 0.05) is 18.8 Å². The normalized spacial score (nSPS) is 13.2. The molecule has 0 saturated heterocycles. The third-order valence-corrected chi connectivity index (χ3v) is 3.56. The number of hydrogen-bond donors (Lipinski definition) is 0. The first-order valence-corrected chi connectivity index (χ1v) is 6.39. The molecule has 1 aliphatic heterocycles. The molecule has 0 radical (unpaired) electrons. The van der Waals surface area contributed by atoms with Crippen LogP contribution in [-0.2, 0) is 13.0 Å². The Labute approximate surface area is 115 Å². The van der Waals surface area contributed by atoms with Gasteiger partial charge in [0.25, 0.3) is 0 Å². The third-order valence-electron chi connectivity index (χ3n) is 3.56. The molecule has 2 aromatic rings. The van der Waals surface area contributed by atoms with Crippen LogP contribution >= 0.6 is 0 Å². The average molecular weight is 270 g/mol. The maximum absolute atomic E-state index is 13.3. The molecular weight excluding hydrogens is 258 g/mol. The molecule has 0 atom stereocenters. The number of fused-ring (bicyclic) bond motifs is 1. The van der Waals surface area contributed by atoms with Crippen LogP contribution in [-0.4, -0.2) is 6.54 Å². The van der Waals surface area contributed by atoms with Crippen molar-refractivity contribution in [3.8, 4) is 6.07 Å². The highest BCUT2D eigenvalue weighted by Crippen LogP contribution is 2.30. The molecule has 0 N–H and O–H groups in total. The van der Waals surface area contributed by atoms with E-state index in [0.717, 1.165) is 29.8 Å². The van der Waals surface area contributed by atoms with E-state index in [-0.39, 0.29) is 11.4 Å². The van der Waals surface area contributed by atoms with Crippen LogP contribution in [0.2, 0.25) is 0 Å². The highest BCUT2D eigenvalue weighted by molar-refractivity contribution is 5.58. The number of rotatable bonds is 2. The largest absolute Gasteiger partial charge is 0.367 e. The maximum Gasteiger partial charge on any atom is 0.140 e. The molecule has 0 saturated carbocycles. The number of halogens is 2. The summed E-state index contributed by atoms with van der Waals surface area (Å²) in [5.41, 5.74) is 2.89. The lowest BCUT2D eigenvalue weighted by molar-refractivity contribution is 0.622. The van der Waals surface area contributed by atoms with Gasteiger partial charge in [-0.25, -0.2) is 8.78 Å². The fourth-order valence-corrected chi connectivity index (χ4v) is 2.56. The summed E-state index contributed by atoms with van der Waals surface area (Å²) in [7, 11) is 0. The monoisotopic (exact) mass is 270 g/mol. The first-order chi connectivity index (χ1) is 9.67. The highest BCUT2D eigenvalue weighted by atomic mass is 19.1. The molecule has 2 aromatic carbocycles. The second-order valence-electron chi connectivity index (χ2n) is 4.87. The van der Waals surface area contributed by atoms with Crippen LogP contribution in [0.1, 0.15) is 16.7 Å². The molecule has 1 aliphatic rings. The Morgan fingerprint density at radius 1 is 1.15 bits per heavy atom. The number of nitriles is 1. The van der Waals surface area contributed by atoms with Gasteiger partial charge in [0.05, 0.1) is 5.56 Å². The number of anilines is 1. The van der Waals surface area contributed by atoms with Crippen molar-refractivity contribution in [2.45, 2.75) is 13.0 Å². The zero-order chi connectivity index (χ0) is 14.1. The zero-order valence-corrected chi connectivity index (χ0v) is 10.7. The first kappa shape index (κ1) is 12.6. The summed E-state index contributed by atoms with van der Waals surface area (Å²) >= 11 is 0. The third kappa shape index (κ3) is 2.23. The maximum atomic E-state index is 13.3. The predicted molar refractivity (Wildman–Crippen MR) is 72.3 cm³/mol. The quantitative estimate of drug-likeness (QED) is 0.836. The highest BCUT2D eigenvalue weighted by Gasteiger charge is 2.19. The molecule has 0 fully saturated rings. The van der Waals surface area contributed by atoms with E-state index in [4.69, 9.17) is 5.26 Å². The van der Waals surface area contributed by atoms with Crippen molar-refractivity contribution in [2.24, 2.45) is 0 Å². The molecule has 0 aromatic heterocycles. The minimum Gasteiger partial charge on any atom is -0.367 e. The lowest BCUT2D eigenvalue weighted by atomic mass is 10.1. The summed E-state index contributed by atoms with van der Waals surface area (Å²) in [4.78, 5) is 2.05. The van der Waals surface area contributed by atoms with Crippen LogP contribution in [0.15, 0.2) is 36.4 Å². The minimum absolute atomic E-state index is 0.0427. The van der Waals surface area contributed by atoms with Gasteiger partial charge < -0.3 is 4.90 Å². The first-order valence-electron chi connectivity index (χ1n) is 6.39. The lowest BCUT2D eigenvalue weighted by Gasteiger charge is -2.19.